The molecule has 2 amide bonds. The van der Waals surface area contributed by atoms with E-state index in [-0.39, 0.29) is 18.4 Å². The zero-order valence-electron chi connectivity index (χ0n) is 13.3. The van der Waals surface area contributed by atoms with E-state index in [1.54, 1.807) is 16.2 Å². The number of amides is 2. The molecular weight excluding hydrogens is 354 g/mol. The molecule has 0 atom stereocenters. The molecule has 5 nitrogen and oxygen atoms in total. The van der Waals surface area contributed by atoms with Crippen LogP contribution in [0.3, 0.4) is 0 Å². The molecule has 0 aliphatic carbocycles. The summed E-state index contributed by atoms with van der Waals surface area (Å²) in [5.74, 6) is 0.874. The summed E-state index contributed by atoms with van der Waals surface area (Å²) >= 11 is 3.15. The van der Waals surface area contributed by atoms with E-state index in [4.69, 9.17) is 0 Å². The third kappa shape index (κ3) is 3.52. The number of anilines is 1. The maximum Gasteiger partial charge on any atom is 0.244 e. The Morgan fingerprint density at radius 1 is 1.20 bits per heavy atom. The maximum absolute atomic E-state index is 12.2. The maximum atomic E-state index is 12.2. The second-order valence-electron chi connectivity index (χ2n) is 5.68. The van der Waals surface area contributed by atoms with E-state index >= 15 is 0 Å². The van der Waals surface area contributed by atoms with Crippen molar-refractivity contribution >= 4 is 50.8 Å². The number of aromatic nitrogens is 1. The Kier molecular flexibility index (Phi) is 4.42. The highest BCUT2D eigenvalue weighted by molar-refractivity contribution is 8.00. The standard InChI is InChI=1S/C18H15N3O2S2/c22-16(9-21-11-24-10-17(21)23)19-13-5-3-4-12(8-13)18-20-14-6-1-2-7-15(14)25-18/h1-8H,9-11H2,(H,19,22). The van der Waals surface area contributed by atoms with Crippen LogP contribution in [0.25, 0.3) is 20.8 Å². The van der Waals surface area contributed by atoms with E-state index in [0.717, 1.165) is 20.8 Å². The summed E-state index contributed by atoms with van der Waals surface area (Å²) in [6, 6.07) is 15.6. The van der Waals surface area contributed by atoms with Gasteiger partial charge in [0.1, 0.15) is 11.6 Å². The first-order valence-electron chi connectivity index (χ1n) is 7.80. The lowest BCUT2D eigenvalue weighted by Gasteiger charge is -2.14. The fraction of sp³-hybridized carbons (Fsp3) is 0.167. The van der Waals surface area contributed by atoms with Gasteiger partial charge in [0.05, 0.1) is 21.8 Å². The number of fused-ring (bicyclic) bond motifs is 1. The quantitative estimate of drug-likeness (QED) is 0.765. The van der Waals surface area contributed by atoms with Crippen LogP contribution in [0.15, 0.2) is 48.5 Å². The first kappa shape index (κ1) is 16.1. The van der Waals surface area contributed by atoms with Crippen molar-refractivity contribution in [2.45, 2.75) is 0 Å². The van der Waals surface area contributed by atoms with Crippen molar-refractivity contribution in [2.75, 3.05) is 23.5 Å². The van der Waals surface area contributed by atoms with Gasteiger partial charge in [-0.05, 0) is 24.3 Å². The van der Waals surface area contributed by atoms with Crippen LogP contribution in [0.4, 0.5) is 5.69 Å². The smallest absolute Gasteiger partial charge is 0.244 e. The highest BCUT2D eigenvalue weighted by Gasteiger charge is 2.22. The summed E-state index contributed by atoms with van der Waals surface area (Å²) in [7, 11) is 0. The molecule has 0 unspecified atom stereocenters. The lowest BCUT2D eigenvalue weighted by molar-refractivity contribution is -0.130. The summed E-state index contributed by atoms with van der Waals surface area (Å²) in [6.07, 6.45) is 0. The fourth-order valence-corrected chi connectivity index (χ4v) is 4.51. The monoisotopic (exact) mass is 369 g/mol. The molecule has 25 heavy (non-hydrogen) atoms. The molecular formula is C18H15N3O2S2. The van der Waals surface area contributed by atoms with Crippen LogP contribution in [0.5, 0.6) is 0 Å². The first-order valence-corrected chi connectivity index (χ1v) is 9.77. The minimum absolute atomic E-state index is 0.0170. The van der Waals surface area contributed by atoms with Gasteiger partial charge >= 0.3 is 0 Å². The number of nitrogens with zero attached hydrogens (tertiary/aromatic N) is 2. The van der Waals surface area contributed by atoms with Crippen molar-refractivity contribution in [1.29, 1.82) is 0 Å². The molecule has 2 aromatic carbocycles. The molecule has 3 aromatic rings. The van der Waals surface area contributed by atoms with E-state index in [1.807, 2.05) is 48.5 Å². The van der Waals surface area contributed by atoms with Crippen LogP contribution in [0, 0.1) is 0 Å². The van der Waals surface area contributed by atoms with Gasteiger partial charge in [0.25, 0.3) is 0 Å². The number of nitrogens with one attached hydrogen (secondary N) is 1. The van der Waals surface area contributed by atoms with Gasteiger partial charge in [0.15, 0.2) is 0 Å². The predicted molar refractivity (Wildman–Crippen MR) is 103 cm³/mol. The summed E-state index contributed by atoms with van der Waals surface area (Å²) in [5.41, 5.74) is 2.65. The second-order valence-corrected chi connectivity index (χ2v) is 7.67. The predicted octanol–water partition coefficient (Wildman–Crippen LogP) is 3.43. The van der Waals surface area contributed by atoms with Crippen molar-refractivity contribution in [3.05, 3.63) is 48.5 Å². The second kappa shape index (κ2) is 6.85. The molecule has 0 spiro atoms. The van der Waals surface area contributed by atoms with E-state index < -0.39 is 0 Å². The molecule has 126 valence electrons. The molecule has 1 aromatic heterocycles. The molecule has 1 saturated heterocycles. The molecule has 1 fully saturated rings. The third-order valence-electron chi connectivity index (χ3n) is 3.85. The average Bonchev–Trinajstić information content (AvgIpc) is 3.21. The fourth-order valence-electron chi connectivity index (χ4n) is 2.64. The molecule has 4 rings (SSSR count). The summed E-state index contributed by atoms with van der Waals surface area (Å²) in [4.78, 5) is 30.0. The largest absolute Gasteiger partial charge is 0.325 e. The number of hydrogen-bond acceptors (Lipinski definition) is 5. The van der Waals surface area contributed by atoms with Gasteiger partial charge in [0, 0.05) is 11.3 Å². The highest BCUT2D eigenvalue weighted by Crippen LogP contribution is 2.31. The van der Waals surface area contributed by atoms with E-state index in [1.165, 1.54) is 11.8 Å². The Labute approximate surface area is 153 Å². The minimum Gasteiger partial charge on any atom is -0.325 e. The Balaban J connectivity index is 1.51. The first-order chi connectivity index (χ1) is 12.2. The van der Waals surface area contributed by atoms with Crippen molar-refractivity contribution in [1.82, 2.24) is 9.88 Å². The van der Waals surface area contributed by atoms with Crippen molar-refractivity contribution < 1.29 is 9.59 Å². The normalized spacial score (nSPS) is 14.2. The molecule has 0 bridgehead atoms. The SMILES string of the molecule is O=C(CN1CSCC1=O)Nc1cccc(-c2nc3ccccc3s2)c1. The van der Waals surface area contributed by atoms with E-state index in [9.17, 15) is 9.59 Å². The number of carbonyl (C=O) groups is 2. The van der Waals surface area contributed by atoms with Gasteiger partial charge in [-0.3, -0.25) is 9.59 Å². The van der Waals surface area contributed by atoms with Gasteiger partial charge < -0.3 is 10.2 Å². The van der Waals surface area contributed by atoms with Gasteiger partial charge in [-0.25, -0.2) is 4.98 Å². The summed E-state index contributed by atoms with van der Waals surface area (Å²) < 4.78 is 1.14. The van der Waals surface area contributed by atoms with Crippen molar-refractivity contribution in [3.63, 3.8) is 0 Å². The van der Waals surface area contributed by atoms with Gasteiger partial charge in [-0.15, -0.1) is 23.1 Å². The van der Waals surface area contributed by atoms with Gasteiger partial charge in [-0.1, -0.05) is 24.3 Å². The number of thiazole rings is 1. The van der Waals surface area contributed by atoms with Crippen molar-refractivity contribution in [3.8, 4) is 10.6 Å². The third-order valence-corrected chi connectivity index (χ3v) is 5.88. The average molecular weight is 369 g/mol. The Morgan fingerprint density at radius 2 is 2.08 bits per heavy atom. The van der Waals surface area contributed by atoms with Crippen molar-refractivity contribution in [2.24, 2.45) is 0 Å². The zero-order valence-corrected chi connectivity index (χ0v) is 14.9. The van der Waals surface area contributed by atoms with Crippen LogP contribution in [-0.4, -0.2) is 39.9 Å². The number of para-hydroxylation sites is 1. The molecule has 1 aliphatic heterocycles. The van der Waals surface area contributed by atoms with E-state index in [2.05, 4.69) is 10.3 Å². The topological polar surface area (TPSA) is 62.3 Å². The molecule has 2 heterocycles. The zero-order chi connectivity index (χ0) is 17.2. The summed E-state index contributed by atoms with van der Waals surface area (Å²) in [5, 5.41) is 3.79. The van der Waals surface area contributed by atoms with E-state index in [0.29, 0.717) is 17.3 Å². The number of carbonyl (C=O) groups excluding carboxylic acids is 2. The number of thioether (sulfide) groups is 1. The highest BCUT2D eigenvalue weighted by atomic mass is 32.2. The molecule has 0 radical (unpaired) electrons. The Bertz CT molecular complexity index is 921. The van der Waals surface area contributed by atoms with Gasteiger partial charge in [-0.2, -0.15) is 0 Å². The lowest BCUT2D eigenvalue weighted by atomic mass is 10.2. The molecule has 7 heteroatoms. The molecule has 0 saturated carbocycles. The molecule has 1 aliphatic rings. The lowest BCUT2D eigenvalue weighted by Crippen LogP contribution is -2.34. The van der Waals surface area contributed by atoms with Crippen LogP contribution in [-0.2, 0) is 9.59 Å². The van der Waals surface area contributed by atoms with Gasteiger partial charge in [0.2, 0.25) is 11.8 Å². The Morgan fingerprint density at radius 3 is 2.88 bits per heavy atom. The van der Waals surface area contributed by atoms with Crippen LogP contribution >= 0.6 is 23.1 Å². The number of benzene rings is 2. The van der Waals surface area contributed by atoms with Crippen LogP contribution in [0.1, 0.15) is 0 Å². The van der Waals surface area contributed by atoms with Crippen LogP contribution in [0.2, 0.25) is 0 Å². The minimum atomic E-state index is -0.183. The molecule has 1 N–H and O–H groups in total. The Hall–Kier alpha value is -2.38. The van der Waals surface area contributed by atoms with Crippen LogP contribution < -0.4 is 5.32 Å². The number of hydrogen-bond donors (Lipinski definition) is 1. The number of rotatable bonds is 4. The summed E-state index contributed by atoms with van der Waals surface area (Å²) in [6.45, 7) is 0.0944.